The maximum absolute atomic E-state index is 13.1. The van der Waals surface area contributed by atoms with Crippen LogP contribution in [0.3, 0.4) is 0 Å². The third-order valence-electron chi connectivity index (χ3n) is 5.63. The van der Waals surface area contributed by atoms with E-state index < -0.39 is 0 Å². The lowest BCUT2D eigenvalue weighted by Crippen LogP contribution is -2.19. The summed E-state index contributed by atoms with van der Waals surface area (Å²) in [6, 6.07) is 12.9. The largest absolute Gasteiger partial charge is 0.497 e. The molecule has 0 fully saturated rings. The predicted molar refractivity (Wildman–Crippen MR) is 118 cm³/mol. The van der Waals surface area contributed by atoms with Gasteiger partial charge in [0.25, 0.3) is 0 Å². The number of rotatable bonds is 9. The average molecular weight is 408 g/mol. The zero-order chi connectivity index (χ0) is 21.7. The highest BCUT2D eigenvalue weighted by Crippen LogP contribution is 2.43. The van der Waals surface area contributed by atoms with Crippen molar-refractivity contribution in [3.8, 4) is 5.75 Å². The van der Waals surface area contributed by atoms with E-state index in [9.17, 15) is 9.59 Å². The van der Waals surface area contributed by atoms with E-state index in [0.717, 1.165) is 35.4 Å². The Kier molecular flexibility index (Phi) is 6.67. The highest BCUT2D eigenvalue weighted by atomic mass is 16.5. The number of ether oxygens (including phenoxy) is 2. The van der Waals surface area contributed by atoms with Gasteiger partial charge in [-0.15, -0.1) is 0 Å². The minimum absolute atomic E-state index is 0.0380. The summed E-state index contributed by atoms with van der Waals surface area (Å²) in [7, 11) is 3.09. The van der Waals surface area contributed by atoms with Gasteiger partial charge in [-0.2, -0.15) is 0 Å². The number of Topliss-reactive ketones (excluding diaryl/α,β-unsaturated/α-hetero) is 1. The van der Waals surface area contributed by atoms with Gasteiger partial charge < -0.3 is 14.8 Å². The summed E-state index contributed by atoms with van der Waals surface area (Å²) >= 11 is 0. The van der Waals surface area contributed by atoms with Crippen LogP contribution in [0, 0.1) is 0 Å². The van der Waals surface area contributed by atoms with Gasteiger partial charge in [-0.1, -0.05) is 32.0 Å². The SMILES string of the molecule is CCC1(CC)N=C(CC(=O)c2cccc(NC(=O)COC)c2)c2cc(OC)ccc21. The minimum atomic E-state index is -0.298. The second-order valence-corrected chi connectivity index (χ2v) is 7.37. The molecule has 2 aromatic carbocycles. The molecule has 0 saturated heterocycles. The molecule has 0 atom stereocenters. The maximum Gasteiger partial charge on any atom is 0.250 e. The molecule has 0 bridgehead atoms. The Morgan fingerprint density at radius 3 is 2.50 bits per heavy atom. The van der Waals surface area contributed by atoms with Crippen molar-refractivity contribution < 1.29 is 19.1 Å². The molecule has 3 rings (SSSR count). The number of carbonyl (C=O) groups is 2. The standard InChI is InChI=1S/C24H28N2O4/c1-5-24(6-2)20-11-10-18(30-4)13-19(20)21(26-24)14-22(27)16-8-7-9-17(12-16)25-23(28)15-29-3/h7-13H,5-6,14-15H2,1-4H3,(H,25,28). The molecule has 1 heterocycles. The number of nitrogens with one attached hydrogen (secondary N) is 1. The fourth-order valence-corrected chi connectivity index (χ4v) is 3.95. The van der Waals surface area contributed by atoms with Gasteiger partial charge in [0, 0.05) is 23.9 Å². The number of benzene rings is 2. The summed E-state index contributed by atoms with van der Waals surface area (Å²) in [5.74, 6) is 0.437. The first-order valence-electron chi connectivity index (χ1n) is 10.2. The van der Waals surface area contributed by atoms with Gasteiger partial charge in [0.05, 0.1) is 24.8 Å². The van der Waals surface area contributed by atoms with Crippen LogP contribution in [0.4, 0.5) is 5.69 Å². The number of hydrogen-bond acceptors (Lipinski definition) is 5. The van der Waals surface area contributed by atoms with E-state index in [1.807, 2.05) is 12.1 Å². The number of carbonyl (C=O) groups excluding carboxylic acids is 2. The van der Waals surface area contributed by atoms with Crippen LogP contribution in [0.25, 0.3) is 0 Å². The molecule has 0 aromatic heterocycles. The van der Waals surface area contributed by atoms with Gasteiger partial charge in [0.15, 0.2) is 5.78 Å². The third kappa shape index (κ3) is 4.28. The summed E-state index contributed by atoms with van der Waals surface area (Å²) in [6.07, 6.45) is 1.92. The second-order valence-electron chi connectivity index (χ2n) is 7.37. The summed E-state index contributed by atoms with van der Waals surface area (Å²) in [5, 5.41) is 2.73. The normalized spacial score (nSPS) is 14.1. The van der Waals surface area contributed by atoms with Crippen LogP contribution in [0.2, 0.25) is 0 Å². The number of fused-ring (bicyclic) bond motifs is 1. The molecule has 30 heavy (non-hydrogen) atoms. The van der Waals surface area contributed by atoms with Gasteiger partial charge >= 0.3 is 0 Å². The van der Waals surface area contributed by atoms with Gasteiger partial charge in [-0.25, -0.2) is 0 Å². The van der Waals surface area contributed by atoms with Crippen LogP contribution in [0.15, 0.2) is 47.5 Å². The first-order valence-corrected chi connectivity index (χ1v) is 10.2. The summed E-state index contributed by atoms with van der Waals surface area (Å²) in [5.41, 5.74) is 3.71. The van der Waals surface area contributed by atoms with Crippen molar-refractivity contribution in [2.45, 2.75) is 38.6 Å². The van der Waals surface area contributed by atoms with Crippen LogP contribution in [-0.2, 0) is 15.1 Å². The lowest BCUT2D eigenvalue weighted by Gasteiger charge is -2.24. The Balaban J connectivity index is 1.87. The topological polar surface area (TPSA) is 77.0 Å². The average Bonchev–Trinajstić information content (AvgIpc) is 3.07. The van der Waals surface area contributed by atoms with Gasteiger partial charge in [0.2, 0.25) is 5.91 Å². The lowest BCUT2D eigenvalue weighted by molar-refractivity contribution is -0.119. The number of methoxy groups -OCH3 is 2. The van der Waals surface area contributed by atoms with Crippen molar-refractivity contribution in [2.24, 2.45) is 4.99 Å². The molecule has 2 aromatic rings. The van der Waals surface area contributed by atoms with Crippen LogP contribution in [-0.4, -0.2) is 38.2 Å². The smallest absolute Gasteiger partial charge is 0.250 e. The molecular formula is C24H28N2O4. The molecule has 0 radical (unpaired) electrons. The fraction of sp³-hybridized carbons (Fsp3) is 0.375. The molecule has 6 nitrogen and oxygen atoms in total. The number of amides is 1. The fourth-order valence-electron chi connectivity index (χ4n) is 3.95. The molecule has 0 unspecified atom stereocenters. The highest BCUT2D eigenvalue weighted by molar-refractivity contribution is 6.18. The summed E-state index contributed by atoms with van der Waals surface area (Å²) in [4.78, 5) is 29.8. The predicted octanol–water partition coefficient (Wildman–Crippen LogP) is 4.37. The van der Waals surface area contributed by atoms with Crippen LogP contribution in [0.5, 0.6) is 5.75 Å². The molecule has 0 aliphatic carbocycles. The number of nitrogens with zero attached hydrogens (tertiary/aromatic N) is 1. The molecule has 1 amide bonds. The first kappa shape index (κ1) is 21.7. The summed E-state index contributed by atoms with van der Waals surface area (Å²) < 4.78 is 10.2. The van der Waals surface area contributed by atoms with Crippen LogP contribution in [0.1, 0.15) is 54.6 Å². The minimum Gasteiger partial charge on any atom is -0.497 e. The quantitative estimate of drug-likeness (QED) is 0.625. The van der Waals surface area contributed by atoms with Crippen molar-refractivity contribution in [3.63, 3.8) is 0 Å². The molecular weight excluding hydrogens is 380 g/mol. The second kappa shape index (κ2) is 9.22. The van der Waals surface area contributed by atoms with E-state index >= 15 is 0 Å². The molecule has 1 N–H and O–H groups in total. The molecule has 1 aliphatic heterocycles. The molecule has 0 spiro atoms. The number of hydrogen-bond donors (Lipinski definition) is 1. The third-order valence-corrected chi connectivity index (χ3v) is 5.63. The van der Waals surface area contributed by atoms with E-state index in [1.165, 1.54) is 7.11 Å². The first-order chi connectivity index (χ1) is 14.5. The Labute approximate surface area is 177 Å². The molecule has 1 aliphatic rings. The summed E-state index contributed by atoms with van der Waals surface area (Å²) in [6.45, 7) is 4.21. The maximum atomic E-state index is 13.1. The van der Waals surface area contributed by atoms with Crippen molar-refractivity contribution in [1.82, 2.24) is 0 Å². The monoisotopic (exact) mass is 408 g/mol. The molecule has 0 saturated carbocycles. The Bertz CT molecular complexity index is 977. The highest BCUT2D eigenvalue weighted by Gasteiger charge is 2.37. The van der Waals surface area contributed by atoms with E-state index in [-0.39, 0.29) is 30.3 Å². The van der Waals surface area contributed by atoms with E-state index in [0.29, 0.717) is 11.3 Å². The Morgan fingerprint density at radius 1 is 1.07 bits per heavy atom. The molecule has 6 heteroatoms. The van der Waals surface area contributed by atoms with Gasteiger partial charge in [0.1, 0.15) is 12.4 Å². The van der Waals surface area contributed by atoms with Crippen molar-refractivity contribution in [3.05, 3.63) is 59.2 Å². The number of aliphatic imine (C=N–C) groups is 1. The zero-order valence-corrected chi connectivity index (χ0v) is 18.0. The Morgan fingerprint density at radius 2 is 1.83 bits per heavy atom. The lowest BCUT2D eigenvalue weighted by atomic mass is 9.84. The van der Waals surface area contributed by atoms with Crippen molar-refractivity contribution in [2.75, 3.05) is 26.1 Å². The van der Waals surface area contributed by atoms with E-state index in [1.54, 1.807) is 31.4 Å². The van der Waals surface area contributed by atoms with E-state index in [4.69, 9.17) is 14.5 Å². The van der Waals surface area contributed by atoms with Crippen molar-refractivity contribution >= 4 is 23.1 Å². The number of anilines is 1. The molecule has 158 valence electrons. The van der Waals surface area contributed by atoms with Crippen LogP contribution >= 0.6 is 0 Å². The number of ketones is 1. The van der Waals surface area contributed by atoms with Gasteiger partial charge in [-0.3, -0.25) is 14.6 Å². The Hall–Kier alpha value is -2.99. The van der Waals surface area contributed by atoms with Crippen molar-refractivity contribution in [1.29, 1.82) is 0 Å². The van der Waals surface area contributed by atoms with Gasteiger partial charge in [-0.05, 0) is 42.7 Å². The van der Waals surface area contributed by atoms with Crippen LogP contribution < -0.4 is 10.1 Å². The van der Waals surface area contributed by atoms with E-state index in [2.05, 4.69) is 25.2 Å². The zero-order valence-electron chi connectivity index (χ0n) is 18.0.